The summed E-state index contributed by atoms with van der Waals surface area (Å²) < 4.78 is 0. The standard InChI is InChI=1S/C15H14N2O3/c1-10(18)11-3-2-4-13(9-11)17-15(20)16-12-5-7-14(19)8-6-12/h2-9,19H,1H3,(H2,16,17,20). The van der Waals surface area contributed by atoms with Crippen molar-refractivity contribution in [2.45, 2.75) is 6.92 Å². The maximum absolute atomic E-state index is 11.8. The van der Waals surface area contributed by atoms with E-state index in [4.69, 9.17) is 5.11 Å². The zero-order valence-electron chi connectivity index (χ0n) is 10.9. The van der Waals surface area contributed by atoms with Gasteiger partial charge in [-0.15, -0.1) is 0 Å². The number of nitrogens with one attached hydrogen (secondary N) is 2. The molecule has 0 radical (unpaired) electrons. The molecule has 0 atom stereocenters. The van der Waals surface area contributed by atoms with Crippen LogP contribution in [0.25, 0.3) is 0 Å². The Labute approximate surface area is 116 Å². The predicted octanol–water partition coefficient (Wildman–Crippen LogP) is 3.24. The highest BCUT2D eigenvalue weighted by Gasteiger charge is 2.05. The number of carbonyl (C=O) groups excluding carboxylic acids is 2. The van der Waals surface area contributed by atoms with Crippen molar-refractivity contribution in [2.75, 3.05) is 10.6 Å². The second-order valence-corrected chi connectivity index (χ2v) is 4.26. The molecule has 20 heavy (non-hydrogen) atoms. The largest absolute Gasteiger partial charge is 0.508 e. The molecule has 2 aromatic carbocycles. The Kier molecular flexibility index (Phi) is 4.00. The van der Waals surface area contributed by atoms with E-state index in [1.807, 2.05) is 0 Å². The van der Waals surface area contributed by atoms with Gasteiger partial charge in [-0.25, -0.2) is 4.79 Å². The van der Waals surface area contributed by atoms with Crippen LogP contribution < -0.4 is 10.6 Å². The zero-order valence-corrected chi connectivity index (χ0v) is 10.9. The molecule has 2 aromatic rings. The highest BCUT2D eigenvalue weighted by Crippen LogP contribution is 2.15. The highest BCUT2D eigenvalue weighted by molar-refractivity contribution is 6.01. The number of anilines is 2. The molecule has 0 bridgehead atoms. The van der Waals surface area contributed by atoms with E-state index in [2.05, 4.69) is 10.6 Å². The molecule has 2 rings (SSSR count). The fourth-order valence-electron chi connectivity index (χ4n) is 1.65. The van der Waals surface area contributed by atoms with Crippen molar-refractivity contribution in [3.8, 4) is 5.75 Å². The Morgan fingerprint density at radius 1 is 0.950 bits per heavy atom. The minimum atomic E-state index is -0.420. The first-order valence-corrected chi connectivity index (χ1v) is 6.02. The predicted molar refractivity (Wildman–Crippen MR) is 77.2 cm³/mol. The zero-order chi connectivity index (χ0) is 14.5. The van der Waals surface area contributed by atoms with Gasteiger partial charge in [0.1, 0.15) is 5.75 Å². The summed E-state index contributed by atoms with van der Waals surface area (Å²) >= 11 is 0. The van der Waals surface area contributed by atoms with Gasteiger partial charge in [0, 0.05) is 16.9 Å². The summed E-state index contributed by atoms with van der Waals surface area (Å²) in [5.41, 5.74) is 1.63. The van der Waals surface area contributed by atoms with Crippen molar-refractivity contribution in [3.05, 3.63) is 54.1 Å². The van der Waals surface area contributed by atoms with Gasteiger partial charge >= 0.3 is 6.03 Å². The number of ketones is 1. The molecule has 0 heterocycles. The SMILES string of the molecule is CC(=O)c1cccc(NC(=O)Nc2ccc(O)cc2)c1. The first-order valence-electron chi connectivity index (χ1n) is 6.02. The van der Waals surface area contributed by atoms with Crippen molar-refractivity contribution < 1.29 is 14.7 Å². The third-order valence-corrected chi connectivity index (χ3v) is 2.65. The number of urea groups is 1. The normalized spacial score (nSPS) is 9.85. The number of phenolic OH excluding ortho intramolecular Hbond substituents is 1. The number of benzene rings is 2. The Bertz CT molecular complexity index is 636. The number of phenols is 1. The number of rotatable bonds is 3. The lowest BCUT2D eigenvalue weighted by atomic mass is 10.1. The van der Waals surface area contributed by atoms with Gasteiger partial charge in [-0.1, -0.05) is 12.1 Å². The van der Waals surface area contributed by atoms with E-state index >= 15 is 0 Å². The van der Waals surface area contributed by atoms with Gasteiger partial charge in [-0.05, 0) is 43.3 Å². The van der Waals surface area contributed by atoms with E-state index < -0.39 is 6.03 Å². The van der Waals surface area contributed by atoms with Crippen molar-refractivity contribution in [1.29, 1.82) is 0 Å². The summed E-state index contributed by atoms with van der Waals surface area (Å²) in [5, 5.41) is 14.4. The smallest absolute Gasteiger partial charge is 0.323 e. The molecule has 5 nitrogen and oxygen atoms in total. The molecule has 0 aliphatic carbocycles. The molecule has 0 spiro atoms. The van der Waals surface area contributed by atoms with E-state index in [0.29, 0.717) is 16.9 Å². The van der Waals surface area contributed by atoms with Gasteiger partial charge in [-0.2, -0.15) is 0 Å². The van der Waals surface area contributed by atoms with E-state index in [-0.39, 0.29) is 11.5 Å². The van der Waals surface area contributed by atoms with E-state index in [1.165, 1.54) is 19.1 Å². The van der Waals surface area contributed by atoms with Crippen LogP contribution in [0.4, 0.5) is 16.2 Å². The maximum Gasteiger partial charge on any atom is 0.323 e. The van der Waals surface area contributed by atoms with Gasteiger partial charge in [0.05, 0.1) is 0 Å². The number of aromatic hydroxyl groups is 1. The minimum Gasteiger partial charge on any atom is -0.508 e. The molecule has 2 amide bonds. The Balaban J connectivity index is 2.02. The quantitative estimate of drug-likeness (QED) is 0.591. The van der Waals surface area contributed by atoms with Crippen molar-refractivity contribution in [3.63, 3.8) is 0 Å². The van der Waals surface area contributed by atoms with Crippen LogP contribution in [0, 0.1) is 0 Å². The number of Topliss-reactive ketones (excluding diaryl/α,β-unsaturated/α-hetero) is 1. The number of hydrogen-bond acceptors (Lipinski definition) is 3. The maximum atomic E-state index is 11.8. The van der Waals surface area contributed by atoms with Crippen molar-refractivity contribution in [2.24, 2.45) is 0 Å². The molecule has 3 N–H and O–H groups in total. The van der Waals surface area contributed by atoms with E-state index in [1.54, 1.807) is 36.4 Å². The summed E-state index contributed by atoms with van der Waals surface area (Å²) in [5.74, 6) is 0.0673. The molecule has 0 aromatic heterocycles. The molecule has 0 saturated heterocycles. The van der Waals surface area contributed by atoms with Crippen LogP contribution in [0.15, 0.2) is 48.5 Å². The van der Waals surface area contributed by atoms with Crippen molar-refractivity contribution in [1.82, 2.24) is 0 Å². The summed E-state index contributed by atoms with van der Waals surface area (Å²) in [6, 6.07) is 12.4. The van der Waals surface area contributed by atoms with Crippen LogP contribution in [0.2, 0.25) is 0 Å². The van der Waals surface area contributed by atoms with Crippen LogP contribution >= 0.6 is 0 Å². The van der Waals surface area contributed by atoms with E-state index in [9.17, 15) is 9.59 Å². The van der Waals surface area contributed by atoms with Gasteiger partial charge < -0.3 is 15.7 Å². The summed E-state index contributed by atoms with van der Waals surface area (Å²) in [6.45, 7) is 1.47. The van der Waals surface area contributed by atoms with Gasteiger partial charge in [0.15, 0.2) is 5.78 Å². The molecule has 5 heteroatoms. The minimum absolute atomic E-state index is 0.0624. The molecule has 0 unspecified atom stereocenters. The number of amides is 2. The lowest BCUT2D eigenvalue weighted by Crippen LogP contribution is -2.19. The average Bonchev–Trinajstić information content (AvgIpc) is 2.41. The van der Waals surface area contributed by atoms with Crippen molar-refractivity contribution >= 4 is 23.2 Å². The van der Waals surface area contributed by atoms with Crippen LogP contribution in [-0.2, 0) is 0 Å². The lowest BCUT2D eigenvalue weighted by molar-refractivity contribution is 0.101. The summed E-state index contributed by atoms with van der Waals surface area (Å²) in [7, 11) is 0. The Morgan fingerprint density at radius 3 is 2.25 bits per heavy atom. The van der Waals surface area contributed by atoms with Gasteiger partial charge in [0.2, 0.25) is 0 Å². The lowest BCUT2D eigenvalue weighted by Gasteiger charge is -2.08. The second kappa shape index (κ2) is 5.88. The Morgan fingerprint density at radius 2 is 1.60 bits per heavy atom. The second-order valence-electron chi connectivity index (χ2n) is 4.26. The molecule has 0 fully saturated rings. The van der Waals surface area contributed by atoms with Crippen LogP contribution in [0.3, 0.4) is 0 Å². The van der Waals surface area contributed by atoms with Crippen LogP contribution in [0.1, 0.15) is 17.3 Å². The van der Waals surface area contributed by atoms with Gasteiger partial charge in [0.25, 0.3) is 0 Å². The molecule has 0 saturated carbocycles. The topological polar surface area (TPSA) is 78.4 Å². The van der Waals surface area contributed by atoms with Gasteiger partial charge in [-0.3, -0.25) is 4.79 Å². The van der Waals surface area contributed by atoms with Crippen LogP contribution in [-0.4, -0.2) is 16.9 Å². The summed E-state index contributed by atoms with van der Waals surface area (Å²) in [4.78, 5) is 23.0. The molecular weight excluding hydrogens is 256 g/mol. The molecular formula is C15H14N2O3. The first kappa shape index (κ1) is 13.6. The Hall–Kier alpha value is -2.82. The van der Waals surface area contributed by atoms with E-state index in [0.717, 1.165) is 0 Å². The third-order valence-electron chi connectivity index (χ3n) is 2.65. The number of carbonyl (C=O) groups is 2. The summed E-state index contributed by atoms with van der Waals surface area (Å²) in [6.07, 6.45) is 0. The number of hydrogen-bond donors (Lipinski definition) is 3. The molecule has 0 aliphatic heterocycles. The fourth-order valence-corrected chi connectivity index (χ4v) is 1.65. The highest BCUT2D eigenvalue weighted by atomic mass is 16.3. The third kappa shape index (κ3) is 3.58. The molecule has 0 aliphatic rings. The monoisotopic (exact) mass is 270 g/mol. The van der Waals surface area contributed by atoms with Crippen LogP contribution in [0.5, 0.6) is 5.75 Å². The average molecular weight is 270 g/mol. The molecule has 102 valence electrons. The first-order chi connectivity index (χ1) is 9.54. The fraction of sp³-hybridized carbons (Fsp3) is 0.0667.